The van der Waals surface area contributed by atoms with E-state index in [1.54, 1.807) is 0 Å². The molecule has 0 aliphatic rings. The third kappa shape index (κ3) is 7.16. The maximum atomic E-state index is 13.3. The second kappa shape index (κ2) is 11.1. The van der Waals surface area contributed by atoms with Gasteiger partial charge < -0.3 is 19.3 Å². The lowest BCUT2D eigenvalue weighted by atomic mass is 9.52. The molecule has 0 saturated carbocycles. The van der Waals surface area contributed by atoms with Crippen molar-refractivity contribution in [2.24, 2.45) is 0 Å². The van der Waals surface area contributed by atoms with Gasteiger partial charge in [0.1, 0.15) is 39.9 Å². The van der Waals surface area contributed by atoms with Crippen molar-refractivity contribution in [3.05, 3.63) is 68.9 Å². The van der Waals surface area contributed by atoms with Crippen molar-refractivity contribution in [2.45, 2.75) is 37.4 Å². The number of aromatic amines is 1. The molecule has 0 aliphatic carbocycles. The van der Waals surface area contributed by atoms with E-state index in [0.717, 1.165) is 12.1 Å². The zero-order chi connectivity index (χ0) is 31.2. The van der Waals surface area contributed by atoms with Gasteiger partial charge in [0.25, 0.3) is 5.56 Å². The van der Waals surface area contributed by atoms with Crippen molar-refractivity contribution in [1.29, 1.82) is 0 Å². The van der Waals surface area contributed by atoms with Gasteiger partial charge in [0.15, 0.2) is 17.6 Å². The molecule has 4 aromatic rings. The van der Waals surface area contributed by atoms with Gasteiger partial charge in [-0.15, -0.1) is 24.5 Å². The Hall–Kier alpha value is -3.79. The van der Waals surface area contributed by atoms with Gasteiger partial charge in [-0.2, -0.15) is 13.2 Å². The average molecular weight is 606 g/mol. The number of benzene rings is 2. The molecule has 0 saturated heterocycles. The number of nitrogens with zero attached hydrogens (tertiary/aromatic N) is 1. The molecule has 1 atom stereocenters. The smallest absolute Gasteiger partial charge is 0.516 e. The first-order valence-electron chi connectivity index (χ1n) is 11.6. The largest absolute Gasteiger partial charge is 0.573 e. The number of aromatic nitrogens is 2. The number of hydrogen-bond acceptors (Lipinski definition) is 7. The zero-order valence-electron chi connectivity index (χ0n) is 21.2. The molecule has 0 bridgehead atoms. The van der Waals surface area contributed by atoms with Crippen molar-refractivity contribution in [3.63, 3.8) is 0 Å². The molecule has 214 valence electrons. The maximum absolute atomic E-state index is 13.3. The second-order valence-electron chi connectivity index (χ2n) is 8.90. The summed E-state index contributed by atoms with van der Waals surface area (Å²) in [4.78, 5) is 26.7. The van der Waals surface area contributed by atoms with Gasteiger partial charge in [-0.25, -0.2) is 4.79 Å². The fourth-order valence-corrected chi connectivity index (χ4v) is 5.15. The lowest BCUT2D eigenvalue weighted by Gasteiger charge is -2.23. The predicted octanol–water partition coefficient (Wildman–Crippen LogP) is 3.84. The highest BCUT2D eigenvalue weighted by Gasteiger charge is 2.39. The Morgan fingerprint density at radius 3 is 2.14 bits per heavy atom. The SMILES string of the molecule is [B]C([B])([B])Oc1ccc(Oc2ccc(-c3sc4c(c3C)c(=O)[nH]c(=O)n4C[C@@H](O)C(F)(F)F)cc2OC(F)(F)F)cc1. The number of ether oxygens (including phenoxy) is 3. The topological polar surface area (TPSA) is 103 Å². The fourth-order valence-electron chi connectivity index (χ4n) is 3.84. The van der Waals surface area contributed by atoms with Gasteiger partial charge in [0, 0.05) is 4.88 Å². The lowest BCUT2D eigenvalue weighted by Crippen LogP contribution is -2.38. The Morgan fingerprint density at radius 2 is 1.57 bits per heavy atom. The second-order valence-corrected chi connectivity index (χ2v) is 9.90. The normalized spacial score (nSPS) is 13.2. The molecule has 8 nitrogen and oxygen atoms in total. The Kier molecular flexibility index (Phi) is 8.26. The van der Waals surface area contributed by atoms with Crippen LogP contribution in [-0.2, 0) is 6.54 Å². The van der Waals surface area contributed by atoms with E-state index in [2.05, 4.69) is 4.74 Å². The number of H-pyrrole nitrogens is 1. The summed E-state index contributed by atoms with van der Waals surface area (Å²) in [5.41, 5.74) is -1.92. The number of aliphatic hydroxyl groups excluding tert-OH is 1. The molecular formula is C24H15B3F6N2O6S. The number of nitrogens with one attached hydrogen (secondary N) is 1. The van der Waals surface area contributed by atoms with Crippen LogP contribution < -0.4 is 25.5 Å². The molecule has 6 radical (unpaired) electrons. The Morgan fingerprint density at radius 1 is 0.952 bits per heavy atom. The Bertz CT molecular complexity index is 1730. The predicted molar refractivity (Wildman–Crippen MR) is 143 cm³/mol. The van der Waals surface area contributed by atoms with Gasteiger partial charge >= 0.3 is 18.2 Å². The van der Waals surface area contributed by atoms with Crippen LogP contribution in [0.5, 0.6) is 23.0 Å². The molecule has 18 heteroatoms. The fraction of sp³-hybridized carbons (Fsp3) is 0.250. The van der Waals surface area contributed by atoms with Crippen LogP contribution in [0.15, 0.2) is 52.1 Å². The number of fused-ring (bicyclic) bond motifs is 1. The molecule has 0 unspecified atom stereocenters. The third-order valence-electron chi connectivity index (χ3n) is 5.58. The number of hydrogen-bond donors (Lipinski definition) is 2. The van der Waals surface area contributed by atoms with E-state index in [1.807, 2.05) is 4.98 Å². The highest BCUT2D eigenvalue weighted by atomic mass is 32.1. The molecule has 2 aromatic carbocycles. The first-order valence-corrected chi connectivity index (χ1v) is 12.4. The minimum Gasteiger partial charge on any atom is -0.516 e. The van der Waals surface area contributed by atoms with Crippen LogP contribution in [0.25, 0.3) is 20.7 Å². The molecule has 0 fully saturated rings. The van der Waals surface area contributed by atoms with Crippen molar-refractivity contribution in [2.75, 3.05) is 0 Å². The van der Waals surface area contributed by atoms with Crippen LogP contribution in [0.4, 0.5) is 26.3 Å². The summed E-state index contributed by atoms with van der Waals surface area (Å²) >= 11 is 0.669. The molecular weight excluding hydrogens is 591 g/mol. The van der Waals surface area contributed by atoms with Crippen LogP contribution in [-0.4, -0.2) is 62.1 Å². The van der Waals surface area contributed by atoms with E-state index in [1.165, 1.54) is 37.3 Å². The first kappa shape index (κ1) is 31.2. The standard InChI is InChI=1S/C24H15B3F6N2O6S/c1-10-17-19(37)34-21(38)35(9-16(36)22(28,29)30)20(17)42-18(10)11-2-7-14(15(8-11)41-24(31,32)33)39-12-3-5-13(6-4-12)40-23(25,26)27/h2-8,16,36H,9H2,1H3,(H,34,37,38)/t16-/m1/s1. The van der Waals surface area contributed by atoms with Crippen LogP contribution in [0, 0.1) is 6.92 Å². The summed E-state index contributed by atoms with van der Waals surface area (Å²) in [5.74, 6) is -0.984. The molecule has 2 N–H and O–H groups in total. The summed E-state index contributed by atoms with van der Waals surface area (Å²) in [6.07, 6.45) is -13.1. The van der Waals surface area contributed by atoms with Crippen LogP contribution in [0.1, 0.15) is 5.56 Å². The Balaban J connectivity index is 1.77. The first-order chi connectivity index (χ1) is 19.3. The monoisotopic (exact) mass is 606 g/mol. The number of aryl methyl sites for hydroxylation is 1. The molecule has 4 rings (SSSR count). The molecule has 2 heterocycles. The lowest BCUT2D eigenvalue weighted by molar-refractivity contribution is -0.275. The van der Waals surface area contributed by atoms with Gasteiger partial charge in [-0.3, -0.25) is 14.3 Å². The third-order valence-corrected chi connectivity index (χ3v) is 6.94. The molecule has 2 aromatic heterocycles. The average Bonchev–Trinajstić information content (AvgIpc) is 3.19. The highest BCUT2D eigenvalue weighted by Crippen LogP contribution is 2.42. The summed E-state index contributed by atoms with van der Waals surface area (Å²) < 4.78 is 94.1. The summed E-state index contributed by atoms with van der Waals surface area (Å²) in [6.45, 7) is 0.173. The number of halogens is 6. The van der Waals surface area contributed by atoms with Crippen molar-refractivity contribution >= 4 is 45.1 Å². The van der Waals surface area contributed by atoms with E-state index >= 15 is 0 Å². The Labute approximate surface area is 240 Å². The van der Waals surface area contributed by atoms with Gasteiger partial charge in [-0.1, -0.05) is 0 Å². The zero-order valence-corrected chi connectivity index (χ0v) is 22.0. The maximum Gasteiger partial charge on any atom is 0.573 e. The number of alkyl halides is 6. The number of rotatable bonds is 8. The van der Waals surface area contributed by atoms with E-state index in [0.29, 0.717) is 15.9 Å². The van der Waals surface area contributed by atoms with Gasteiger partial charge in [0.2, 0.25) is 0 Å². The summed E-state index contributed by atoms with van der Waals surface area (Å²) in [6, 6.07) is 8.73. The van der Waals surface area contributed by atoms with E-state index in [9.17, 15) is 41.0 Å². The van der Waals surface area contributed by atoms with Crippen LogP contribution in [0.2, 0.25) is 0 Å². The highest BCUT2D eigenvalue weighted by molar-refractivity contribution is 7.22. The molecule has 0 aliphatic heterocycles. The quantitative estimate of drug-likeness (QED) is 0.234. The van der Waals surface area contributed by atoms with E-state index in [-0.39, 0.29) is 43.5 Å². The van der Waals surface area contributed by atoms with Gasteiger partial charge in [-0.05, 0) is 65.8 Å². The van der Waals surface area contributed by atoms with E-state index in [4.69, 9.17) is 33.0 Å². The number of thiophene rings is 1. The van der Waals surface area contributed by atoms with Crippen molar-refractivity contribution in [3.8, 4) is 33.4 Å². The molecule has 0 amide bonds. The van der Waals surface area contributed by atoms with Crippen LogP contribution >= 0.6 is 11.3 Å². The summed E-state index contributed by atoms with van der Waals surface area (Å²) in [7, 11) is 16.1. The van der Waals surface area contributed by atoms with Crippen molar-refractivity contribution in [1.82, 2.24) is 9.55 Å². The van der Waals surface area contributed by atoms with Gasteiger partial charge in [0.05, 0.1) is 11.9 Å². The minimum atomic E-state index is -5.15. The van der Waals surface area contributed by atoms with E-state index < -0.39 is 47.5 Å². The van der Waals surface area contributed by atoms with Crippen LogP contribution in [0.3, 0.4) is 0 Å². The number of aliphatic hydroxyl groups is 1. The molecule has 42 heavy (non-hydrogen) atoms. The minimum absolute atomic E-state index is 0.0515. The summed E-state index contributed by atoms with van der Waals surface area (Å²) in [5, 5.41) is 7.36. The molecule has 0 spiro atoms. The van der Waals surface area contributed by atoms with Crippen molar-refractivity contribution < 1.29 is 45.7 Å².